The minimum atomic E-state index is -0.295. The van der Waals surface area contributed by atoms with Gasteiger partial charge in [0.1, 0.15) is 5.82 Å². The van der Waals surface area contributed by atoms with E-state index in [0.29, 0.717) is 11.5 Å². The van der Waals surface area contributed by atoms with Gasteiger partial charge in [-0.15, -0.1) is 0 Å². The molecule has 0 unspecified atom stereocenters. The number of aromatic nitrogens is 2. The third-order valence-corrected chi connectivity index (χ3v) is 1.97. The van der Waals surface area contributed by atoms with Crippen LogP contribution in [-0.4, -0.2) is 10.1 Å². The van der Waals surface area contributed by atoms with Crippen molar-refractivity contribution in [2.24, 2.45) is 0 Å². The maximum absolute atomic E-state index is 12.8. The maximum Gasteiger partial charge on any atom is 0.264 e. The van der Waals surface area contributed by atoms with Gasteiger partial charge in [0.05, 0.1) is 0 Å². The van der Waals surface area contributed by atoms with Gasteiger partial charge in [-0.2, -0.15) is 4.98 Å². The van der Waals surface area contributed by atoms with Crippen molar-refractivity contribution in [2.45, 2.75) is 6.92 Å². The average molecular weight is 213 g/mol. The molecule has 5 heteroatoms. The quantitative estimate of drug-likeness (QED) is 0.730. The Bertz CT molecular complexity index is 470. The van der Waals surface area contributed by atoms with Crippen LogP contribution in [0.3, 0.4) is 0 Å². The first kappa shape index (κ1) is 9.15. The lowest BCUT2D eigenvalue weighted by molar-refractivity contribution is 0.430. The van der Waals surface area contributed by atoms with E-state index < -0.39 is 0 Å². The third kappa shape index (κ3) is 1.61. The van der Waals surface area contributed by atoms with Gasteiger partial charge in [-0.25, -0.2) is 4.39 Å². The first-order valence-corrected chi connectivity index (χ1v) is 4.30. The molecule has 0 atom stereocenters. The van der Waals surface area contributed by atoms with Crippen LogP contribution in [0.5, 0.6) is 0 Å². The minimum absolute atomic E-state index is 0.0451. The second-order valence-corrected chi connectivity index (χ2v) is 3.17. The monoisotopic (exact) mass is 212 g/mol. The third-order valence-electron chi connectivity index (χ3n) is 1.82. The summed E-state index contributed by atoms with van der Waals surface area (Å²) in [4.78, 5) is 3.84. The molecule has 14 heavy (non-hydrogen) atoms. The van der Waals surface area contributed by atoms with Crippen LogP contribution in [0.2, 0.25) is 5.28 Å². The molecule has 0 aliphatic carbocycles. The molecule has 0 aliphatic rings. The summed E-state index contributed by atoms with van der Waals surface area (Å²) < 4.78 is 17.6. The second-order valence-electron chi connectivity index (χ2n) is 2.83. The summed E-state index contributed by atoms with van der Waals surface area (Å²) in [5, 5.41) is 3.49. The summed E-state index contributed by atoms with van der Waals surface area (Å²) in [6, 6.07) is 4.31. The molecule has 2 rings (SSSR count). The van der Waals surface area contributed by atoms with Gasteiger partial charge < -0.3 is 4.52 Å². The van der Waals surface area contributed by atoms with E-state index in [1.807, 2.05) is 0 Å². The maximum atomic E-state index is 12.8. The highest BCUT2D eigenvalue weighted by molar-refractivity contribution is 6.28. The predicted molar refractivity (Wildman–Crippen MR) is 49.4 cm³/mol. The second kappa shape index (κ2) is 3.38. The van der Waals surface area contributed by atoms with E-state index >= 15 is 0 Å². The van der Waals surface area contributed by atoms with E-state index in [1.54, 1.807) is 13.0 Å². The summed E-state index contributed by atoms with van der Waals surface area (Å²) >= 11 is 5.50. The molecule has 1 aromatic carbocycles. The molecule has 0 bridgehead atoms. The highest BCUT2D eigenvalue weighted by Crippen LogP contribution is 2.22. The van der Waals surface area contributed by atoms with E-state index in [0.717, 1.165) is 5.56 Å². The highest BCUT2D eigenvalue weighted by atomic mass is 35.5. The molecule has 0 amide bonds. The smallest absolute Gasteiger partial charge is 0.264 e. The van der Waals surface area contributed by atoms with Crippen LogP contribution in [0.1, 0.15) is 5.56 Å². The van der Waals surface area contributed by atoms with Crippen LogP contribution >= 0.6 is 11.6 Å². The molecule has 0 radical (unpaired) electrons. The number of aryl methyl sites for hydroxylation is 1. The first-order chi connectivity index (χ1) is 6.66. The summed E-state index contributed by atoms with van der Waals surface area (Å²) in [7, 11) is 0. The fourth-order valence-corrected chi connectivity index (χ4v) is 1.29. The summed E-state index contributed by atoms with van der Waals surface area (Å²) in [5.41, 5.74) is 1.41. The van der Waals surface area contributed by atoms with Crippen molar-refractivity contribution in [2.75, 3.05) is 0 Å². The van der Waals surface area contributed by atoms with Crippen LogP contribution in [0, 0.1) is 12.7 Å². The molecule has 1 heterocycles. The largest absolute Gasteiger partial charge is 0.333 e. The lowest BCUT2D eigenvalue weighted by atomic mass is 10.1. The van der Waals surface area contributed by atoms with Crippen molar-refractivity contribution in [1.29, 1.82) is 0 Å². The number of nitrogens with zero attached hydrogens (tertiary/aromatic N) is 2. The number of hydrogen-bond acceptors (Lipinski definition) is 3. The molecule has 72 valence electrons. The van der Waals surface area contributed by atoms with E-state index in [1.165, 1.54) is 12.1 Å². The van der Waals surface area contributed by atoms with Gasteiger partial charge in [0.2, 0.25) is 0 Å². The Hall–Kier alpha value is -1.42. The molecular formula is C9H6ClFN2O. The summed E-state index contributed by atoms with van der Waals surface area (Å²) in [6.45, 7) is 1.76. The number of rotatable bonds is 1. The lowest BCUT2D eigenvalue weighted by Crippen LogP contribution is -1.84. The SMILES string of the molecule is Cc1cc(F)ccc1-c1nc(Cl)no1. The predicted octanol–water partition coefficient (Wildman–Crippen LogP) is 2.84. The Morgan fingerprint density at radius 3 is 2.79 bits per heavy atom. The fourth-order valence-electron chi connectivity index (χ4n) is 1.18. The molecule has 0 saturated heterocycles. The zero-order chi connectivity index (χ0) is 10.1. The van der Waals surface area contributed by atoms with Gasteiger partial charge >= 0.3 is 0 Å². The topological polar surface area (TPSA) is 38.9 Å². The van der Waals surface area contributed by atoms with E-state index in [-0.39, 0.29) is 11.1 Å². The van der Waals surface area contributed by atoms with Crippen LogP contribution in [0.15, 0.2) is 22.7 Å². The van der Waals surface area contributed by atoms with Crippen LogP contribution in [0.4, 0.5) is 4.39 Å². The molecule has 0 aliphatic heterocycles. The van der Waals surface area contributed by atoms with Crippen molar-refractivity contribution in [3.8, 4) is 11.5 Å². The zero-order valence-electron chi connectivity index (χ0n) is 7.29. The fraction of sp³-hybridized carbons (Fsp3) is 0.111. The number of benzene rings is 1. The minimum Gasteiger partial charge on any atom is -0.333 e. The highest BCUT2D eigenvalue weighted by Gasteiger charge is 2.10. The van der Waals surface area contributed by atoms with Crippen LogP contribution < -0.4 is 0 Å². The van der Waals surface area contributed by atoms with Gasteiger partial charge in [-0.3, -0.25) is 0 Å². The first-order valence-electron chi connectivity index (χ1n) is 3.92. The number of halogens is 2. The normalized spacial score (nSPS) is 10.5. The molecular weight excluding hydrogens is 207 g/mol. The Kier molecular flexibility index (Phi) is 2.21. The Morgan fingerprint density at radius 1 is 1.43 bits per heavy atom. The van der Waals surface area contributed by atoms with E-state index in [2.05, 4.69) is 10.1 Å². The van der Waals surface area contributed by atoms with Crippen LogP contribution in [-0.2, 0) is 0 Å². The van der Waals surface area contributed by atoms with Crippen molar-refractivity contribution in [3.05, 3.63) is 34.9 Å². The van der Waals surface area contributed by atoms with Crippen molar-refractivity contribution < 1.29 is 8.91 Å². The summed E-state index contributed by atoms with van der Waals surface area (Å²) in [6.07, 6.45) is 0. The van der Waals surface area contributed by atoms with Gasteiger partial charge in [0.15, 0.2) is 0 Å². The van der Waals surface area contributed by atoms with Crippen molar-refractivity contribution in [3.63, 3.8) is 0 Å². The molecule has 2 aromatic rings. The molecule has 1 aromatic heterocycles. The molecule has 0 fully saturated rings. The lowest BCUT2D eigenvalue weighted by Gasteiger charge is -1.99. The molecule has 0 N–H and O–H groups in total. The molecule has 3 nitrogen and oxygen atoms in total. The number of hydrogen-bond donors (Lipinski definition) is 0. The van der Waals surface area contributed by atoms with Gasteiger partial charge in [-0.1, -0.05) is 0 Å². The molecule has 0 spiro atoms. The average Bonchev–Trinajstić information content (AvgIpc) is 2.51. The van der Waals surface area contributed by atoms with E-state index in [9.17, 15) is 4.39 Å². The van der Waals surface area contributed by atoms with Crippen LogP contribution in [0.25, 0.3) is 11.5 Å². The molecule has 0 saturated carbocycles. The zero-order valence-corrected chi connectivity index (χ0v) is 8.05. The van der Waals surface area contributed by atoms with Crippen molar-refractivity contribution in [1.82, 2.24) is 10.1 Å². The Morgan fingerprint density at radius 2 is 2.21 bits per heavy atom. The van der Waals surface area contributed by atoms with Gasteiger partial charge in [0.25, 0.3) is 11.2 Å². The van der Waals surface area contributed by atoms with Crippen molar-refractivity contribution >= 4 is 11.6 Å². The van der Waals surface area contributed by atoms with Gasteiger partial charge in [0, 0.05) is 5.56 Å². The van der Waals surface area contributed by atoms with Gasteiger partial charge in [-0.05, 0) is 47.4 Å². The summed E-state index contributed by atoms with van der Waals surface area (Å²) in [5.74, 6) is 0.00404. The Balaban J connectivity index is 2.52. The Labute approximate surface area is 84.5 Å². The standard InChI is InChI=1S/C9H6ClFN2O/c1-5-4-6(11)2-3-7(5)8-12-9(10)13-14-8/h2-4H,1H3. The van der Waals surface area contributed by atoms with E-state index in [4.69, 9.17) is 16.1 Å².